The second-order valence-corrected chi connectivity index (χ2v) is 5.82. The molecule has 0 rings (SSSR count). The van der Waals surface area contributed by atoms with Crippen molar-refractivity contribution in [3.05, 3.63) is 0 Å². The second-order valence-electron chi connectivity index (χ2n) is 5.82. The van der Waals surface area contributed by atoms with Gasteiger partial charge in [0.15, 0.2) is 0 Å². The maximum atomic E-state index is 10.9. The minimum Gasteiger partial charge on any atom is -0.480 e. The summed E-state index contributed by atoms with van der Waals surface area (Å²) in [6.07, 6.45) is 8.01. The number of hydrogen-bond acceptors (Lipinski definition) is 5. The minimum atomic E-state index is -0.960. The zero-order valence-corrected chi connectivity index (χ0v) is 14.0. The normalized spacial score (nSPS) is 14.6. The van der Waals surface area contributed by atoms with E-state index in [1.54, 1.807) is 6.21 Å². The van der Waals surface area contributed by atoms with Crippen molar-refractivity contribution in [1.29, 1.82) is 0 Å². The van der Waals surface area contributed by atoms with E-state index in [0.717, 1.165) is 32.1 Å². The quantitative estimate of drug-likeness (QED) is 0.352. The first kappa shape index (κ1) is 21.2. The first-order chi connectivity index (χ1) is 10.9. The van der Waals surface area contributed by atoms with Gasteiger partial charge in [-0.15, -0.1) is 0 Å². The summed E-state index contributed by atoms with van der Waals surface area (Å²) in [7, 11) is 0. The summed E-state index contributed by atoms with van der Waals surface area (Å²) in [5, 5.41) is 17.6. The van der Waals surface area contributed by atoms with E-state index in [2.05, 4.69) is 9.98 Å². The van der Waals surface area contributed by atoms with Crippen LogP contribution in [0.2, 0.25) is 0 Å². The van der Waals surface area contributed by atoms with Crippen LogP contribution in [-0.2, 0) is 9.59 Å². The van der Waals surface area contributed by atoms with Crippen molar-refractivity contribution in [3.8, 4) is 0 Å². The molecule has 0 aromatic carbocycles. The van der Waals surface area contributed by atoms with E-state index in [-0.39, 0.29) is 5.92 Å². The lowest BCUT2D eigenvalue weighted by molar-refractivity contribution is -0.140. The molecule has 0 radical (unpaired) electrons. The molecule has 0 aromatic heterocycles. The third kappa shape index (κ3) is 11.5. The summed E-state index contributed by atoms with van der Waals surface area (Å²) >= 11 is 0. The fourth-order valence-electron chi connectivity index (χ4n) is 1.88. The third-order valence-electron chi connectivity index (χ3n) is 3.32. The van der Waals surface area contributed by atoms with E-state index >= 15 is 0 Å². The van der Waals surface area contributed by atoms with Crippen LogP contribution < -0.4 is 5.73 Å². The lowest BCUT2D eigenvalue weighted by atomic mass is 10.1. The molecule has 0 spiro atoms. The lowest BCUT2D eigenvalue weighted by Gasteiger charge is -2.10. The Balaban J connectivity index is 3.65. The van der Waals surface area contributed by atoms with Crippen LogP contribution in [0.5, 0.6) is 0 Å². The molecule has 0 unspecified atom stereocenters. The van der Waals surface area contributed by atoms with Gasteiger partial charge >= 0.3 is 11.9 Å². The van der Waals surface area contributed by atoms with Crippen LogP contribution in [0.25, 0.3) is 0 Å². The monoisotopic (exact) mass is 327 g/mol. The highest BCUT2D eigenvalue weighted by Gasteiger charge is 2.18. The number of aliphatic imine (C=N–C) groups is 2. The molecular formula is C16H29N3O4. The number of hydrogen-bond donors (Lipinski definition) is 3. The molecule has 0 aliphatic carbocycles. The molecule has 0 saturated heterocycles. The summed E-state index contributed by atoms with van der Waals surface area (Å²) in [6.45, 7) is 4.35. The molecule has 0 aliphatic rings. The van der Waals surface area contributed by atoms with Crippen molar-refractivity contribution in [2.45, 2.75) is 64.5 Å². The third-order valence-corrected chi connectivity index (χ3v) is 3.32. The molecule has 7 nitrogen and oxygen atoms in total. The van der Waals surface area contributed by atoms with Gasteiger partial charge in [0.1, 0.15) is 12.1 Å². The number of rotatable bonds is 13. The number of carboxylic acids is 2. The number of carboxylic acid groups (broad SMARTS) is 2. The maximum absolute atomic E-state index is 10.9. The summed E-state index contributed by atoms with van der Waals surface area (Å²) in [6, 6.07) is -1.44. The molecule has 2 atom stereocenters. The Kier molecular flexibility index (Phi) is 11.8. The molecule has 7 heteroatoms. The average Bonchev–Trinajstić information content (AvgIpc) is 2.47. The van der Waals surface area contributed by atoms with Crippen molar-refractivity contribution >= 4 is 24.4 Å². The van der Waals surface area contributed by atoms with Gasteiger partial charge in [-0.2, -0.15) is 0 Å². The van der Waals surface area contributed by atoms with Crippen LogP contribution in [0.4, 0.5) is 0 Å². The summed E-state index contributed by atoms with van der Waals surface area (Å²) < 4.78 is 0. The van der Waals surface area contributed by atoms with Crippen molar-refractivity contribution in [1.82, 2.24) is 0 Å². The van der Waals surface area contributed by atoms with Gasteiger partial charge in [-0.05, 0) is 56.9 Å². The number of nitrogens with two attached hydrogens (primary N) is 1. The van der Waals surface area contributed by atoms with Crippen molar-refractivity contribution in [3.63, 3.8) is 0 Å². The van der Waals surface area contributed by atoms with E-state index in [1.807, 2.05) is 20.1 Å². The Morgan fingerprint density at radius 1 is 1.04 bits per heavy atom. The van der Waals surface area contributed by atoms with Gasteiger partial charge in [-0.1, -0.05) is 13.8 Å². The fraction of sp³-hybridized carbons (Fsp3) is 0.750. The predicted molar refractivity (Wildman–Crippen MR) is 91.4 cm³/mol. The van der Waals surface area contributed by atoms with E-state index in [4.69, 9.17) is 15.9 Å². The Hall–Kier alpha value is -1.76. The summed E-state index contributed by atoms with van der Waals surface area (Å²) in [5.41, 5.74) is 5.40. The lowest BCUT2D eigenvalue weighted by Crippen LogP contribution is -2.29. The van der Waals surface area contributed by atoms with E-state index in [9.17, 15) is 9.59 Å². The summed E-state index contributed by atoms with van der Waals surface area (Å²) in [4.78, 5) is 29.8. The fourth-order valence-corrected chi connectivity index (χ4v) is 1.88. The number of aliphatic carboxylic acids is 2. The largest absolute Gasteiger partial charge is 0.480 e. The molecular weight excluding hydrogens is 298 g/mol. The molecule has 132 valence electrons. The van der Waals surface area contributed by atoms with Gasteiger partial charge in [0, 0.05) is 6.54 Å². The first-order valence-corrected chi connectivity index (χ1v) is 8.07. The van der Waals surface area contributed by atoms with Gasteiger partial charge in [0.05, 0.1) is 0 Å². The molecule has 0 heterocycles. The van der Waals surface area contributed by atoms with Gasteiger partial charge in [-0.25, -0.2) is 4.79 Å². The Labute approximate surface area is 137 Å². The molecule has 0 bridgehead atoms. The molecule has 4 N–H and O–H groups in total. The number of nitrogens with zero attached hydrogens (tertiary/aromatic N) is 2. The van der Waals surface area contributed by atoms with Gasteiger partial charge in [0.25, 0.3) is 0 Å². The molecule has 0 saturated carbocycles. The van der Waals surface area contributed by atoms with Crippen molar-refractivity contribution in [2.75, 3.05) is 6.54 Å². The molecule has 0 fully saturated rings. The highest BCUT2D eigenvalue weighted by Crippen LogP contribution is 2.06. The van der Waals surface area contributed by atoms with Crippen LogP contribution in [0.15, 0.2) is 9.98 Å². The second kappa shape index (κ2) is 12.8. The number of unbranched alkanes of at least 4 members (excludes halogenated alkanes) is 3. The Morgan fingerprint density at radius 3 is 2.26 bits per heavy atom. The van der Waals surface area contributed by atoms with Crippen molar-refractivity contribution < 1.29 is 19.8 Å². The zero-order chi connectivity index (χ0) is 17.7. The molecule has 23 heavy (non-hydrogen) atoms. The highest BCUT2D eigenvalue weighted by atomic mass is 16.4. The minimum absolute atomic E-state index is 0.0143. The SMILES string of the molecule is CC(C)[C@H](N=CCCCC=NCCCC[C@H](N)C(=O)O)C(=O)O. The van der Waals surface area contributed by atoms with E-state index < -0.39 is 24.0 Å². The Bertz CT molecular complexity index is 408. The number of carbonyl (C=O) groups is 2. The molecule has 0 aromatic rings. The van der Waals surface area contributed by atoms with Crippen LogP contribution in [0.3, 0.4) is 0 Å². The topological polar surface area (TPSA) is 125 Å². The standard InChI is InChI=1S/C16H29N3O4/c1-12(2)14(16(22)23)19-11-6-3-5-9-18-10-7-4-8-13(17)15(20)21/h9,11-14H,3-8,10,17H2,1-2H3,(H,20,21)(H,22,23)/t13-,14-/m0/s1. The highest BCUT2D eigenvalue weighted by molar-refractivity contribution is 5.76. The first-order valence-electron chi connectivity index (χ1n) is 8.07. The predicted octanol–water partition coefficient (Wildman–Crippen LogP) is 1.99. The average molecular weight is 327 g/mol. The Morgan fingerprint density at radius 2 is 1.70 bits per heavy atom. The van der Waals surface area contributed by atoms with Crippen LogP contribution >= 0.6 is 0 Å². The van der Waals surface area contributed by atoms with Crippen molar-refractivity contribution in [2.24, 2.45) is 21.6 Å². The van der Waals surface area contributed by atoms with E-state index in [1.165, 1.54) is 0 Å². The smallest absolute Gasteiger partial charge is 0.328 e. The van der Waals surface area contributed by atoms with Crippen LogP contribution in [0.1, 0.15) is 52.4 Å². The van der Waals surface area contributed by atoms with Crippen LogP contribution in [0, 0.1) is 5.92 Å². The van der Waals surface area contributed by atoms with Gasteiger partial charge in [0.2, 0.25) is 0 Å². The summed E-state index contributed by atoms with van der Waals surface area (Å²) in [5.74, 6) is -1.86. The van der Waals surface area contributed by atoms with E-state index in [0.29, 0.717) is 13.0 Å². The molecule has 0 aliphatic heterocycles. The van der Waals surface area contributed by atoms with Gasteiger partial charge in [-0.3, -0.25) is 14.8 Å². The van der Waals surface area contributed by atoms with Gasteiger partial charge < -0.3 is 15.9 Å². The maximum Gasteiger partial charge on any atom is 0.328 e. The van der Waals surface area contributed by atoms with Crippen LogP contribution in [-0.4, -0.2) is 53.2 Å². The zero-order valence-electron chi connectivity index (χ0n) is 14.0. The molecule has 0 amide bonds.